The highest BCUT2D eigenvalue weighted by molar-refractivity contribution is 7.92. The molecule has 2 aromatic carbocycles. The quantitative estimate of drug-likeness (QED) is 0.709. The van der Waals surface area contributed by atoms with E-state index in [1.54, 1.807) is 42.1 Å². The lowest BCUT2D eigenvalue weighted by atomic mass is 10.2. The summed E-state index contributed by atoms with van der Waals surface area (Å²) in [6, 6.07) is 12.3. The van der Waals surface area contributed by atoms with Gasteiger partial charge in [0.05, 0.1) is 17.7 Å². The van der Waals surface area contributed by atoms with E-state index < -0.39 is 15.9 Å². The number of benzene rings is 2. The fourth-order valence-electron chi connectivity index (χ4n) is 2.30. The van der Waals surface area contributed by atoms with Crippen LogP contribution < -0.4 is 14.3 Å². The molecular weight excluding hydrogens is 386 g/mol. The van der Waals surface area contributed by atoms with Crippen molar-refractivity contribution >= 4 is 33.0 Å². The maximum absolute atomic E-state index is 12.6. The van der Waals surface area contributed by atoms with Gasteiger partial charge < -0.3 is 9.30 Å². The number of aryl methyl sites for hydroxylation is 1. The number of carbonyl (C=O) groups excluding carboxylic acids is 1. The largest absolute Gasteiger partial charge is 0.495 e. The van der Waals surface area contributed by atoms with E-state index in [0.29, 0.717) is 21.8 Å². The van der Waals surface area contributed by atoms with Crippen LogP contribution in [0.15, 0.2) is 70.0 Å². The molecule has 0 saturated heterocycles. The molecule has 0 aliphatic carbocycles. The fourth-order valence-corrected chi connectivity index (χ4v) is 4.09. The minimum Gasteiger partial charge on any atom is -0.495 e. The van der Waals surface area contributed by atoms with Crippen molar-refractivity contribution in [2.45, 2.75) is 4.90 Å². The zero-order valence-corrected chi connectivity index (χ0v) is 16.3. The van der Waals surface area contributed by atoms with Crippen LogP contribution in [0.2, 0.25) is 0 Å². The predicted molar refractivity (Wildman–Crippen MR) is 103 cm³/mol. The van der Waals surface area contributed by atoms with Gasteiger partial charge in [-0.3, -0.25) is 9.52 Å². The SMILES string of the molecule is COc1ccccc1NS(=O)(=O)c1ccc(C(=O)N=c2sccn2C)cc1. The summed E-state index contributed by atoms with van der Waals surface area (Å²) in [5.41, 5.74) is 0.639. The molecule has 9 heteroatoms. The molecule has 1 N–H and O–H groups in total. The maximum atomic E-state index is 12.6. The summed E-state index contributed by atoms with van der Waals surface area (Å²) in [4.78, 5) is 16.9. The predicted octanol–water partition coefficient (Wildman–Crippen LogP) is 2.64. The monoisotopic (exact) mass is 403 g/mol. The molecule has 0 aliphatic heterocycles. The highest BCUT2D eigenvalue weighted by atomic mass is 32.2. The van der Waals surface area contributed by atoms with Crippen LogP contribution in [0.4, 0.5) is 5.69 Å². The van der Waals surface area contributed by atoms with E-state index >= 15 is 0 Å². The molecule has 0 aliphatic rings. The molecule has 3 aromatic rings. The number of carbonyl (C=O) groups is 1. The van der Waals surface area contributed by atoms with Gasteiger partial charge in [-0.05, 0) is 36.4 Å². The van der Waals surface area contributed by atoms with Crippen molar-refractivity contribution in [3.05, 3.63) is 70.5 Å². The molecule has 27 heavy (non-hydrogen) atoms. The Morgan fingerprint density at radius 2 is 1.85 bits per heavy atom. The van der Waals surface area contributed by atoms with Gasteiger partial charge in [-0.2, -0.15) is 4.99 Å². The molecule has 0 bridgehead atoms. The number of ether oxygens (including phenoxy) is 1. The number of rotatable bonds is 5. The maximum Gasteiger partial charge on any atom is 0.279 e. The summed E-state index contributed by atoms with van der Waals surface area (Å²) in [7, 11) is -0.563. The van der Waals surface area contributed by atoms with Crippen LogP contribution in [0.1, 0.15) is 10.4 Å². The molecule has 3 rings (SSSR count). The van der Waals surface area contributed by atoms with E-state index in [-0.39, 0.29) is 4.90 Å². The van der Waals surface area contributed by atoms with Crippen LogP contribution in [0.3, 0.4) is 0 Å². The fraction of sp³-hybridized carbons (Fsp3) is 0.111. The number of nitrogens with zero attached hydrogens (tertiary/aromatic N) is 2. The number of anilines is 1. The number of methoxy groups -OCH3 is 1. The van der Waals surface area contributed by atoms with Crippen molar-refractivity contribution in [1.29, 1.82) is 0 Å². The lowest BCUT2D eigenvalue weighted by Gasteiger charge is -2.11. The van der Waals surface area contributed by atoms with Crippen LogP contribution in [0.5, 0.6) is 5.75 Å². The second kappa shape index (κ2) is 7.77. The summed E-state index contributed by atoms with van der Waals surface area (Å²) >= 11 is 1.34. The number of amides is 1. The first-order chi connectivity index (χ1) is 12.9. The molecule has 0 atom stereocenters. The number of aromatic nitrogens is 1. The molecule has 1 aromatic heterocycles. The average Bonchev–Trinajstić information content (AvgIpc) is 3.06. The molecule has 0 spiro atoms. The van der Waals surface area contributed by atoms with Gasteiger partial charge in [0.1, 0.15) is 5.75 Å². The highest BCUT2D eigenvalue weighted by Gasteiger charge is 2.17. The molecule has 0 fully saturated rings. The molecule has 7 nitrogen and oxygen atoms in total. The molecule has 0 unspecified atom stereocenters. The lowest BCUT2D eigenvalue weighted by Crippen LogP contribution is -2.14. The molecule has 0 radical (unpaired) electrons. The van der Waals surface area contributed by atoms with Crippen LogP contribution in [-0.4, -0.2) is 26.0 Å². The summed E-state index contributed by atoms with van der Waals surface area (Å²) in [5.74, 6) is -0.0230. The number of hydrogen-bond donors (Lipinski definition) is 1. The number of nitrogens with one attached hydrogen (secondary N) is 1. The van der Waals surface area contributed by atoms with E-state index in [4.69, 9.17) is 4.74 Å². The Morgan fingerprint density at radius 3 is 2.48 bits per heavy atom. The van der Waals surface area contributed by atoms with Crippen molar-refractivity contribution in [2.24, 2.45) is 12.0 Å². The number of hydrogen-bond acceptors (Lipinski definition) is 5. The number of para-hydroxylation sites is 2. The summed E-state index contributed by atoms with van der Waals surface area (Å²) < 4.78 is 34.5. The standard InChI is InChI=1S/C18H17N3O4S2/c1-21-11-12-26-18(21)19-17(22)13-7-9-14(10-8-13)27(23,24)20-15-5-3-4-6-16(15)25-2/h3-12,20H,1-2H3. The third-order valence-corrected chi connectivity index (χ3v) is 5.95. The molecule has 1 amide bonds. The first-order valence-electron chi connectivity index (χ1n) is 7.86. The van der Waals surface area contributed by atoms with Crippen LogP contribution >= 0.6 is 11.3 Å². The Balaban J connectivity index is 1.84. The van der Waals surface area contributed by atoms with Gasteiger partial charge in [0.15, 0.2) is 4.80 Å². The molecular formula is C18H17N3O4S2. The first-order valence-corrected chi connectivity index (χ1v) is 10.2. The number of sulfonamides is 1. The van der Waals surface area contributed by atoms with Gasteiger partial charge in [0, 0.05) is 24.2 Å². The summed E-state index contributed by atoms with van der Waals surface area (Å²) in [5, 5.41) is 1.82. The van der Waals surface area contributed by atoms with Crippen molar-refractivity contribution in [3.8, 4) is 5.75 Å². The van der Waals surface area contributed by atoms with Crippen molar-refractivity contribution in [2.75, 3.05) is 11.8 Å². The molecule has 140 valence electrons. The Kier molecular flexibility index (Phi) is 5.43. The van der Waals surface area contributed by atoms with Crippen molar-refractivity contribution < 1.29 is 17.9 Å². The third kappa shape index (κ3) is 4.26. The van der Waals surface area contributed by atoms with Crippen molar-refractivity contribution in [3.63, 3.8) is 0 Å². The average molecular weight is 403 g/mol. The van der Waals surface area contributed by atoms with E-state index in [9.17, 15) is 13.2 Å². The first kappa shape index (κ1) is 18.9. The highest BCUT2D eigenvalue weighted by Crippen LogP contribution is 2.26. The zero-order chi connectivity index (χ0) is 19.4. The van der Waals surface area contributed by atoms with E-state index in [1.807, 2.05) is 5.38 Å². The Hall–Kier alpha value is -2.91. The second-order valence-corrected chi connectivity index (χ2v) is 8.10. The van der Waals surface area contributed by atoms with Crippen LogP contribution in [-0.2, 0) is 17.1 Å². The van der Waals surface area contributed by atoms with E-state index in [0.717, 1.165) is 0 Å². The van der Waals surface area contributed by atoms with Gasteiger partial charge >= 0.3 is 0 Å². The normalized spacial score (nSPS) is 12.0. The van der Waals surface area contributed by atoms with Crippen LogP contribution in [0.25, 0.3) is 0 Å². The Labute approximate surface area is 160 Å². The van der Waals surface area contributed by atoms with E-state index in [2.05, 4.69) is 9.71 Å². The Morgan fingerprint density at radius 1 is 1.15 bits per heavy atom. The van der Waals surface area contributed by atoms with Gasteiger partial charge in [0.2, 0.25) is 0 Å². The second-order valence-electron chi connectivity index (χ2n) is 5.54. The zero-order valence-electron chi connectivity index (χ0n) is 14.6. The minimum absolute atomic E-state index is 0.0339. The smallest absolute Gasteiger partial charge is 0.279 e. The molecule has 0 saturated carbocycles. The number of thiazole rings is 1. The van der Waals surface area contributed by atoms with Crippen LogP contribution in [0, 0.1) is 0 Å². The van der Waals surface area contributed by atoms with Gasteiger partial charge in [-0.25, -0.2) is 8.42 Å². The van der Waals surface area contributed by atoms with Crippen molar-refractivity contribution in [1.82, 2.24) is 4.57 Å². The molecule has 1 heterocycles. The van der Waals surface area contributed by atoms with Gasteiger partial charge in [-0.15, -0.1) is 11.3 Å². The lowest BCUT2D eigenvalue weighted by molar-refractivity contribution is 0.0997. The summed E-state index contributed by atoms with van der Waals surface area (Å²) in [6.07, 6.45) is 1.80. The topological polar surface area (TPSA) is 89.8 Å². The van der Waals surface area contributed by atoms with Gasteiger partial charge in [0.25, 0.3) is 15.9 Å². The summed E-state index contributed by atoms with van der Waals surface area (Å²) in [6.45, 7) is 0. The Bertz CT molecular complexity index is 1130. The van der Waals surface area contributed by atoms with Gasteiger partial charge in [-0.1, -0.05) is 12.1 Å². The van der Waals surface area contributed by atoms with E-state index in [1.165, 1.54) is 42.7 Å². The third-order valence-electron chi connectivity index (χ3n) is 3.72. The minimum atomic E-state index is -3.82.